The van der Waals surface area contributed by atoms with Gasteiger partial charge in [0.1, 0.15) is 5.57 Å². The molecule has 0 saturated heterocycles. The van der Waals surface area contributed by atoms with Gasteiger partial charge in [0.15, 0.2) is 5.75 Å². The van der Waals surface area contributed by atoms with Gasteiger partial charge in [-0.2, -0.15) is 0 Å². The Labute approximate surface area is 187 Å². The van der Waals surface area contributed by atoms with Gasteiger partial charge in [0.2, 0.25) is 5.52 Å². The topological polar surface area (TPSA) is 116 Å². The standard InChI is InChI=1S/C24H17NO8/c1-30-20(26)12-16(23(28)31-2)21-24(29)33-19-13-18(15-10-6-7-11-17(15)25(19)21)32-22(27)14-8-4-3-5-9-14/h3-13H,1-2H3/p+1. The second kappa shape index (κ2) is 8.83. The number of rotatable bonds is 5. The number of hydrogen-bond acceptors (Lipinski definition) is 8. The maximum Gasteiger partial charge on any atom is 0.386 e. The smallest absolute Gasteiger partial charge is 0.386 e. The molecule has 2 aromatic heterocycles. The van der Waals surface area contributed by atoms with Crippen molar-refractivity contribution in [3.63, 3.8) is 0 Å². The molecule has 4 aromatic rings. The van der Waals surface area contributed by atoms with Crippen molar-refractivity contribution < 1.29 is 42.5 Å². The van der Waals surface area contributed by atoms with Crippen molar-refractivity contribution in [2.24, 2.45) is 0 Å². The second-order valence-electron chi connectivity index (χ2n) is 6.78. The zero-order chi connectivity index (χ0) is 23.5. The quantitative estimate of drug-likeness (QED) is 0.281. The highest BCUT2D eigenvalue weighted by atomic mass is 16.5. The number of para-hydroxylation sites is 1. The van der Waals surface area contributed by atoms with Gasteiger partial charge in [-0.3, -0.25) is 0 Å². The van der Waals surface area contributed by atoms with E-state index in [1.54, 1.807) is 54.6 Å². The molecule has 0 aliphatic carbocycles. The highest BCUT2D eigenvalue weighted by Gasteiger charge is 2.35. The summed E-state index contributed by atoms with van der Waals surface area (Å²) >= 11 is 0. The molecular weight excluding hydrogens is 430 g/mol. The van der Waals surface area contributed by atoms with Crippen LogP contribution in [0.4, 0.5) is 0 Å². The van der Waals surface area contributed by atoms with Gasteiger partial charge >= 0.3 is 35.3 Å². The molecule has 166 valence electrons. The van der Waals surface area contributed by atoms with Gasteiger partial charge in [-0.15, -0.1) is 4.40 Å². The van der Waals surface area contributed by atoms with E-state index in [4.69, 9.17) is 13.9 Å². The molecule has 0 spiro atoms. The van der Waals surface area contributed by atoms with E-state index >= 15 is 0 Å². The summed E-state index contributed by atoms with van der Waals surface area (Å²) in [5.74, 6) is -2.78. The zero-order valence-corrected chi connectivity index (χ0v) is 17.6. The normalized spacial score (nSPS) is 11.4. The molecule has 0 unspecified atom stereocenters. The molecule has 9 nitrogen and oxygen atoms in total. The zero-order valence-electron chi connectivity index (χ0n) is 17.6. The van der Waals surface area contributed by atoms with Crippen LogP contribution in [0.2, 0.25) is 0 Å². The lowest BCUT2D eigenvalue weighted by molar-refractivity contribution is -0.486. The average Bonchev–Trinajstić information content (AvgIpc) is 3.17. The minimum Gasteiger partial charge on any atom is -0.476 e. The summed E-state index contributed by atoms with van der Waals surface area (Å²) in [4.78, 5) is 36.9. The number of oxazole rings is 1. The van der Waals surface area contributed by atoms with Gasteiger partial charge in [-0.05, 0) is 18.2 Å². The molecule has 0 bridgehead atoms. The van der Waals surface area contributed by atoms with E-state index in [0.29, 0.717) is 16.5 Å². The summed E-state index contributed by atoms with van der Waals surface area (Å²) in [5, 5.41) is 11.0. The van der Waals surface area contributed by atoms with Gasteiger partial charge in [-0.1, -0.05) is 30.3 Å². The summed E-state index contributed by atoms with van der Waals surface area (Å²) in [6.45, 7) is 0. The van der Waals surface area contributed by atoms with E-state index < -0.39 is 23.9 Å². The summed E-state index contributed by atoms with van der Waals surface area (Å²) in [5.41, 5.74) is 0.428. The Morgan fingerprint density at radius 1 is 0.970 bits per heavy atom. The molecule has 0 amide bonds. The summed E-state index contributed by atoms with van der Waals surface area (Å²) < 4.78 is 21.9. The molecule has 0 radical (unpaired) electrons. The first-order chi connectivity index (χ1) is 15.9. The van der Waals surface area contributed by atoms with Crippen LogP contribution in [0.5, 0.6) is 11.7 Å². The number of nitrogens with zero attached hydrogens (tertiary/aromatic N) is 1. The largest absolute Gasteiger partial charge is 0.476 e. The number of carbonyl (C=O) groups is 3. The number of esters is 3. The number of carbonyl (C=O) groups excluding carboxylic acids is 3. The van der Waals surface area contributed by atoms with Gasteiger partial charge in [0.05, 0.1) is 31.2 Å². The highest BCUT2D eigenvalue weighted by molar-refractivity contribution is 6.20. The number of pyridine rings is 1. The fourth-order valence-electron chi connectivity index (χ4n) is 3.36. The molecule has 4 rings (SSSR count). The second-order valence-corrected chi connectivity index (χ2v) is 6.78. The van der Waals surface area contributed by atoms with E-state index in [-0.39, 0.29) is 22.7 Å². The minimum atomic E-state index is -0.894. The van der Waals surface area contributed by atoms with Crippen LogP contribution in [0.15, 0.2) is 71.2 Å². The molecule has 0 aliphatic rings. The number of methoxy groups -OCH3 is 2. The minimum absolute atomic E-state index is 0.0525. The molecule has 0 saturated carbocycles. The molecular formula is C24H18NO8+. The van der Waals surface area contributed by atoms with Gasteiger partial charge in [0, 0.05) is 12.1 Å². The predicted octanol–water partition coefficient (Wildman–Crippen LogP) is 2.83. The van der Waals surface area contributed by atoms with E-state index in [9.17, 15) is 19.5 Å². The van der Waals surface area contributed by atoms with Crippen molar-refractivity contribution in [1.29, 1.82) is 0 Å². The van der Waals surface area contributed by atoms with Crippen LogP contribution < -0.4 is 9.14 Å². The summed E-state index contributed by atoms with van der Waals surface area (Å²) in [7, 11) is 2.29. The van der Waals surface area contributed by atoms with E-state index in [1.807, 2.05) is 0 Å². The monoisotopic (exact) mass is 448 g/mol. The van der Waals surface area contributed by atoms with Crippen LogP contribution in [0.1, 0.15) is 16.1 Å². The van der Waals surface area contributed by atoms with Crippen LogP contribution >= 0.6 is 0 Å². The fourth-order valence-corrected chi connectivity index (χ4v) is 3.36. The van der Waals surface area contributed by atoms with Crippen LogP contribution in [0, 0.1) is 0 Å². The van der Waals surface area contributed by atoms with Crippen molar-refractivity contribution >= 4 is 40.1 Å². The molecule has 0 atom stereocenters. The number of fused-ring (bicyclic) bond motifs is 3. The Morgan fingerprint density at radius 3 is 2.36 bits per heavy atom. The summed E-state index contributed by atoms with van der Waals surface area (Å²) in [6, 6.07) is 16.7. The first-order valence-corrected chi connectivity index (χ1v) is 9.69. The summed E-state index contributed by atoms with van der Waals surface area (Å²) in [6.07, 6.45) is 0.890. The van der Waals surface area contributed by atoms with Gasteiger partial charge < -0.3 is 23.7 Å². The van der Waals surface area contributed by atoms with E-state index in [2.05, 4.69) is 4.74 Å². The lowest BCUT2D eigenvalue weighted by Gasteiger charge is -2.06. The Balaban J connectivity index is 1.95. The Bertz CT molecular complexity index is 1420. The van der Waals surface area contributed by atoms with Crippen LogP contribution in [0.3, 0.4) is 0 Å². The van der Waals surface area contributed by atoms with Gasteiger partial charge in [-0.25, -0.2) is 14.4 Å². The Kier molecular flexibility index (Phi) is 5.77. The molecule has 1 N–H and O–H groups in total. The lowest BCUT2D eigenvalue weighted by Crippen LogP contribution is -2.28. The van der Waals surface area contributed by atoms with Crippen LogP contribution in [-0.2, 0) is 19.1 Å². The van der Waals surface area contributed by atoms with E-state index in [1.165, 1.54) is 10.5 Å². The highest BCUT2D eigenvalue weighted by Crippen LogP contribution is 2.32. The number of aromatic hydroxyl groups is 1. The molecule has 2 heterocycles. The number of aromatic nitrogens is 1. The fraction of sp³-hybridized carbons (Fsp3) is 0.0833. The molecule has 9 heteroatoms. The van der Waals surface area contributed by atoms with Crippen molar-refractivity contribution in [3.8, 4) is 11.7 Å². The average molecular weight is 448 g/mol. The molecule has 33 heavy (non-hydrogen) atoms. The third kappa shape index (κ3) is 3.99. The van der Waals surface area contributed by atoms with Crippen LogP contribution in [0.25, 0.3) is 22.2 Å². The number of hydrogen-bond donors (Lipinski definition) is 1. The molecule has 0 fully saturated rings. The predicted molar refractivity (Wildman–Crippen MR) is 114 cm³/mol. The van der Waals surface area contributed by atoms with Gasteiger partial charge in [0.25, 0.3) is 0 Å². The maximum atomic E-state index is 12.6. The molecule has 0 aliphatic heterocycles. The first-order valence-electron chi connectivity index (χ1n) is 9.69. The van der Waals surface area contributed by atoms with Crippen molar-refractivity contribution in [2.45, 2.75) is 0 Å². The van der Waals surface area contributed by atoms with Crippen molar-refractivity contribution in [3.05, 3.63) is 78.0 Å². The maximum absolute atomic E-state index is 12.6. The third-order valence-electron chi connectivity index (χ3n) is 4.85. The SMILES string of the molecule is COC(=O)/C=C(\C(=O)OC)c1c(O)oc2cc(OC(=O)c3ccccc3)c3ccccc3[n+]12. The Hall–Kier alpha value is -4.66. The lowest BCUT2D eigenvalue weighted by atomic mass is 10.1. The van der Waals surface area contributed by atoms with Crippen molar-refractivity contribution in [1.82, 2.24) is 0 Å². The molecule has 2 aromatic carbocycles. The Morgan fingerprint density at radius 2 is 1.67 bits per heavy atom. The number of ether oxygens (including phenoxy) is 3. The van der Waals surface area contributed by atoms with Crippen molar-refractivity contribution in [2.75, 3.05) is 14.2 Å². The third-order valence-corrected chi connectivity index (χ3v) is 4.85. The number of benzene rings is 2. The first kappa shape index (κ1) is 21.6. The van der Waals surface area contributed by atoms with E-state index in [0.717, 1.165) is 20.3 Å². The van der Waals surface area contributed by atoms with Crippen LogP contribution in [-0.4, -0.2) is 37.2 Å².